The number of rotatable bonds is 3. The van der Waals surface area contributed by atoms with Crippen LogP contribution in [-0.4, -0.2) is 6.21 Å². The summed E-state index contributed by atoms with van der Waals surface area (Å²) in [6.07, 6.45) is 8.40. The van der Waals surface area contributed by atoms with Gasteiger partial charge in [0.25, 0.3) is 0 Å². The first-order valence-corrected chi connectivity index (χ1v) is 2.33. The minimum absolute atomic E-state index is 1.48. The third kappa shape index (κ3) is 4.89. The molecule has 0 spiro atoms. The van der Waals surface area contributed by atoms with E-state index < -0.39 is 0 Å². The van der Waals surface area contributed by atoms with Crippen molar-refractivity contribution in [2.75, 3.05) is 0 Å². The Morgan fingerprint density at radius 3 is 2.38 bits per heavy atom. The molecule has 0 saturated carbocycles. The van der Waals surface area contributed by atoms with E-state index in [0.717, 1.165) is 0 Å². The second kappa shape index (κ2) is 5.89. The molecule has 0 radical (unpaired) electrons. The summed E-state index contributed by atoms with van der Waals surface area (Å²) in [7, 11) is 0. The third-order valence-electron chi connectivity index (χ3n) is 0.525. The van der Waals surface area contributed by atoms with E-state index >= 15 is 0 Å². The van der Waals surface area contributed by atoms with E-state index in [4.69, 9.17) is 0 Å². The zero-order chi connectivity index (χ0) is 6.24. The Labute approximate surface area is 49.8 Å². The predicted molar refractivity (Wildman–Crippen MR) is 38.0 cm³/mol. The van der Waals surface area contributed by atoms with E-state index in [-0.39, 0.29) is 0 Å². The summed E-state index contributed by atoms with van der Waals surface area (Å²) in [5.41, 5.74) is 0. The van der Waals surface area contributed by atoms with Gasteiger partial charge in [-0.1, -0.05) is 25.3 Å². The molecule has 0 aliphatic heterocycles. The molecule has 0 heterocycles. The second-order valence-corrected chi connectivity index (χ2v) is 1.10. The quantitative estimate of drug-likeness (QED) is 0.386. The Morgan fingerprint density at radius 2 is 1.88 bits per heavy atom. The second-order valence-electron chi connectivity index (χ2n) is 1.10. The van der Waals surface area contributed by atoms with E-state index in [1.807, 2.05) is 0 Å². The van der Waals surface area contributed by atoms with E-state index in [1.54, 1.807) is 24.4 Å². The molecule has 1 nitrogen and oxygen atoms in total. The summed E-state index contributed by atoms with van der Waals surface area (Å²) in [5.74, 6) is 0. The van der Waals surface area contributed by atoms with Gasteiger partial charge in [0, 0.05) is 12.4 Å². The molecule has 0 aromatic carbocycles. The van der Waals surface area contributed by atoms with Gasteiger partial charge >= 0.3 is 0 Å². The van der Waals surface area contributed by atoms with Crippen molar-refractivity contribution in [3.63, 3.8) is 0 Å². The molecule has 0 fully saturated rings. The van der Waals surface area contributed by atoms with Gasteiger partial charge in [0.2, 0.25) is 0 Å². The number of aliphatic imine (C=N–C) groups is 1. The minimum Gasteiger partial charge on any atom is -0.265 e. The maximum Gasteiger partial charge on any atom is 0.0267 e. The van der Waals surface area contributed by atoms with Crippen LogP contribution in [0.4, 0.5) is 0 Å². The third-order valence-corrected chi connectivity index (χ3v) is 0.525. The highest BCUT2D eigenvalue weighted by molar-refractivity contribution is 5.71. The van der Waals surface area contributed by atoms with E-state index in [0.29, 0.717) is 0 Å². The molecular weight excluding hydrogens is 98.1 g/mol. The van der Waals surface area contributed by atoms with Crippen LogP contribution in [0.2, 0.25) is 0 Å². The molecule has 0 bridgehead atoms. The Bertz CT molecular complexity index is 104. The van der Waals surface area contributed by atoms with Crippen LogP contribution in [0.5, 0.6) is 0 Å². The van der Waals surface area contributed by atoms with Crippen LogP contribution in [0.25, 0.3) is 0 Å². The molecule has 0 aliphatic rings. The van der Waals surface area contributed by atoms with Gasteiger partial charge in [0.05, 0.1) is 0 Å². The molecule has 0 rings (SSSR count). The minimum atomic E-state index is 1.48. The fourth-order valence-electron chi connectivity index (χ4n) is 0.239. The molecule has 0 aromatic rings. The zero-order valence-corrected chi connectivity index (χ0v) is 4.75. The highest BCUT2D eigenvalue weighted by Gasteiger charge is 1.55. The molecule has 0 N–H and O–H groups in total. The number of hydrogen-bond donors (Lipinski definition) is 0. The zero-order valence-electron chi connectivity index (χ0n) is 4.75. The highest BCUT2D eigenvalue weighted by Crippen LogP contribution is 1.69. The van der Waals surface area contributed by atoms with Crippen LogP contribution >= 0.6 is 0 Å². The Kier molecular flexibility index (Phi) is 5.07. The summed E-state index contributed by atoms with van der Waals surface area (Å²) in [4.78, 5) is 3.71. The predicted octanol–water partition coefficient (Wildman–Crippen LogP) is 1.94. The largest absolute Gasteiger partial charge is 0.265 e. The van der Waals surface area contributed by atoms with Gasteiger partial charge in [-0.25, -0.2) is 0 Å². The Morgan fingerprint density at radius 1 is 1.12 bits per heavy atom. The molecular formula is C7H9N. The van der Waals surface area contributed by atoms with Crippen LogP contribution in [0, 0.1) is 0 Å². The van der Waals surface area contributed by atoms with Gasteiger partial charge in [-0.15, -0.1) is 0 Å². The van der Waals surface area contributed by atoms with Crippen LogP contribution < -0.4 is 0 Å². The van der Waals surface area contributed by atoms with Crippen molar-refractivity contribution in [1.29, 1.82) is 0 Å². The van der Waals surface area contributed by atoms with Gasteiger partial charge in [-0.05, 0) is 6.08 Å². The van der Waals surface area contributed by atoms with Crippen LogP contribution in [0.1, 0.15) is 0 Å². The van der Waals surface area contributed by atoms with Crippen LogP contribution in [0.3, 0.4) is 0 Å². The van der Waals surface area contributed by atoms with Crippen molar-refractivity contribution in [3.05, 3.63) is 37.6 Å². The molecule has 0 unspecified atom stereocenters. The summed E-state index contributed by atoms with van der Waals surface area (Å²) < 4.78 is 0. The lowest BCUT2D eigenvalue weighted by molar-refractivity contribution is 1.63. The number of hydrogen-bond acceptors (Lipinski definition) is 1. The van der Waals surface area contributed by atoms with E-state index in [2.05, 4.69) is 18.2 Å². The molecule has 0 amide bonds. The van der Waals surface area contributed by atoms with Crippen molar-refractivity contribution in [2.45, 2.75) is 0 Å². The smallest absolute Gasteiger partial charge is 0.0267 e. The molecule has 42 valence electrons. The molecule has 8 heavy (non-hydrogen) atoms. The first-order chi connectivity index (χ1) is 3.91. The SMILES string of the molecule is C=C/C=C\C=NC=C. The standard InChI is InChI=1S/C7H9N/c1-3-5-6-7-8-4-2/h3-7H,1-2H2/b6-5-,8-7?. The Balaban J connectivity index is 3.41. The summed E-state index contributed by atoms with van der Waals surface area (Å²) >= 11 is 0. The van der Waals surface area contributed by atoms with Crippen molar-refractivity contribution >= 4 is 6.21 Å². The van der Waals surface area contributed by atoms with Crippen LogP contribution in [0.15, 0.2) is 42.6 Å². The average molecular weight is 107 g/mol. The average Bonchev–Trinajstić information content (AvgIpc) is 1.81. The van der Waals surface area contributed by atoms with Crippen LogP contribution in [-0.2, 0) is 0 Å². The normalized spacial score (nSPS) is 10.5. The van der Waals surface area contributed by atoms with Crippen molar-refractivity contribution in [3.8, 4) is 0 Å². The van der Waals surface area contributed by atoms with Crippen molar-refractivity contribution in [2.24, 2.45) is 4.99 Å². The maximum atomic E-state index is 3.71. The lowest BCUT2D eigenvalue weighted by Gasteiger charge is -1.67. The topological polar surface area (TPSA) is 12.4 Å². The fraction of sp³-hybridized carbons (Fsp3) is 0. The van der Waals surface area contributed by atoms with Gasteiger partial charge in [-0.3, -0.25) is 4.99 Å². The first kappa shape index (κ1) is 6.89. The lowest BCUT2D eigenvalue weighted by Crippen LogP contribution is -1.57. The molecule has 1 heteroatoms. The monoisotopic (exact) mass is 107 g/mol. The summed E-state index contributed by atoms with van der Waals surface area (Å²) in [6, 6.07) is 0. The fourth-order valence-corrected chi connectivity index (χ4v) is 0.239. The molecule has 0 saturated heterocycles. The highest BCUT2D eigenvalue weighted by atomic mass is 14.6. The number of nitrogens with zero attached hydrogens (tertiary/aromatic N) is 1. The van der Waals surface area contributed by atoms with Gasteiger partial charge < -0.3 is 0 Å². The number of allylic oxidation sites excluding steroid dienone is 3. The lowest BCUT2D eigenvalue weighted by atomic mass is 10.5. The molecule has 0 aromatic heterocycles. The Hall–Kier alpha value is -1.11. The van der Waals surface area contributed by atoms with E-state index in [1.165, 1.54) is 6.20 Å². The molecule has 0 atom stereocenters. The van der Waals surface area contributed by atoms with Crippen molar-refractivity contribution in [1.82, 2.24) is 0 Å². The van der Waals surface area contributed by atoms with Gasteiger partial charge in [0.1, 0.15) is 0 Å². The summed E-state index contributed by atoms with van der Waals surface area (Å²) in [6.45, 7) is 6.88. The summed E-state index contributed by atoms with van der Waals surface area (Å²) in [5, 5.41) is 0. The van der Waals surface area contributed by atoms with Gasteiger partial charge in [0.15, 0.2) is 0 Å². The van der Waals surface area contributed by atoms with Crippen molar-refractivity contribution < 1.29 is 0 Å². The maximum absolute atomic E-state index is 3.71. The molecule has 0 aliphatic carbocycles. The van der Waals surface area contributed by atoms with E-state index in [9.17, 15) is 0 Å². The van der Waals surface area contributed by atoms with Gasteiger partial charge in [-0.2, -0.15) is 0 Å². The first-order valence-electron chi connectivity index (χ1n) is 2.33.